The van der Waals surface area contributed by atoms with E-state index in [4.69, 9.17) is 5.11 Å². The molecule has 8 heteroatoms. The molecule has 0 aliphatic heterocycles. The maximum atomic E-state index is 12.4. The van der Waals surface area contributed by atoms with E-state index in [1.165, 1.54) is 6.92 Å². The number of carboxylic acid groups (broad SMARTS) is 1. The van der Waals surface area contributed by atoms with Crippen molar-refractivity contribution in [1.82, 2.24) is 5.32 Å². The van der Waals surface area contributed by atoms with Crippen LogP contribution in [0.5, 0.6) is 0 Å². The summed E-state index contributed by atoms with van der Waals surface area (Å²) in [5.74, 6) is -2.36. The van der Waals surface area contributed by atoms with Crippen molar-refractivity contribution in [1.29, 1.82) is 0 Å². The Hall–Kier alpha value is -2.38. The molecule has 120 valence electrons. The molecule has 0 spiro atoms. The SMILES string of the molecule is CC(=O)CC[C@H](NC(=O)c1ccc(C(F)(F)F)cc1)C(=O)O. The van der Waals surface area contributed by atoms with Gasteiger partial charge in [-0.2, -0.15) is 13.2 Å². The zero-order valence-corrected chi connectivity index (χ0v) is 11.6. The number of amides is 1. The number of benzene rings is 1. The maximum absolute atomic E-state index is 12.4. The van der Waals surface area contributed by atoms with Gasteiger partial charge in [0.25, 0.3) is 5.91 Å². The van der Waals surface area contributed by atoms with Gasteiger partial charge >= 0.3 is 12.1 Å². The summed E-state index contributed by atoms with van der Waals surface area (Å²) in [6, 6.07) is 2.11. The zero-order valence-electron chi connectivity index (χ0n) is 11.6. The molecule has 1 aromatic carbocycles. The van der Waals surface area contributed by atoms with Crippen molar-refractivity contribution in [2.24, 2.45) is 0 Å². The number of nitrogens with one attached hydrogen (secondary N) is 1. The van der Waals surface area contributed by atoms with Gasteiger partial charge in [-0.15, -0.1) is 0 Å². The fraction of sp³-hybridized carbons (Fsp3) is 0.357. The van der Waals surface area contributed by atoms with Gasteiger partial charge in [-0.3, -0.25) is 4.79 Å². The second-order valence-corrected chi connectivity index (χ2v) is 4.68. The summed E-state index contributed by atoms with van der Waals surface area (Å²) in [5, 5.41) is 11.1. The van der Waals surface area contributed by atoms with Crippen molar-refractivity contribution < 1.29 is 32.7 Å². The van der Waals surface area contributed by atoms with E-state index in [0.29, 0.717) is 0 Å². The lowest BCUT2D eigenvalue weighted by Gasteiger charge is -2.14. The Kier molecular flexibility index (Phi) is 5.67. The molecule has 1 aromatic rings. The standard InChI is InChI=1S/C14H14F3NO4/c1-8(19)2-7-11(13(21)22)18-12(20)9-3-5-10(6-4-9)14(15,16)17/h3-6,11H,2,7H2,1H3,(H,18,20)(H,21,22)/t11-/m0/s1. The predicted octanol–water partition coefficient (Wildman–Crippen LogP) is 2.26. The van der Waals surface area contributed by atoms with Crippen LogP contribution in [0.15, 0.2) is 24.3 Å². The van der Waals surface area contributed by atoms with Crippen LogP contribution in [0.2, 0.25) is 0 Å². The third-order valence-electron chi connectivity index (χ3n) is 2.86. The highest BCUT2D eigenvalue weighted by molar-refractivity contribution is 5.96. The van der Waals surface area contributed by atoms with Crippen molar-refractivity contribution in [2.75, 3.05) is 0 Å². The van der Waals surface area contributed by atoms with E-state index in [9.17, 15) is 27.6 Å². The first-order valence-electron chi connectivity index (χ1n) is 6.31. The van der Waals surface area contributed by atoms with Crippen LogP contribution in [0.3, 0.4) is 0 Å². The lowest BCUT2D eigenvalue weighted by Crippen LogP contribution is -2.41. The fourth-order valence-electron chi connectivity index (χ4n) is 1.66. The summed E-state index contributed by atoms with van der Waals surface area (Å²) in [5.41, 5.74) is -1.00. The predicted molar refractivity (Wildman–Crippen MR) is 70.2 cm³/mol. The van der Waals surface area contributed by atoms with Crippen molar-refractivity contribution in [3.05, 3.63) is 35.4 Å². The number of alkyl halides is 3. The number of carbonyl (C=O) groups excluding carboxylic acids is 2. The highest BCUT2D eigenvalue weighted by Crippen LogP contribution is 2.29. The molecule has 0 saturated carbocycles. The second-order valence-electron chi connectivity index (χ2n) is 4.68. The highest BCUT2D eigenvalue weighted by atomic mass is 19.4. The van der Waals surface area contributed by atoms with Crippen LogP contribution >= 0.6 is 0 Å². The Bertz CT molecular complexity index is 566. The molecule has 0 aliphatic rings. The van der Waals surface area contributed by atoms with E-state index in [1.807, 2.05) is 0 Å². The quantitative estimate of drug-likeness (QED) is 0.843. The molecule has 0 saturated heterocycles. The number of Topliss-reactive ketones (excluding diaryl/α,β-unsaturated/α-hetero) is 1. The third kappa shape index (κ3) is 5.19. The van der Waals surface area contributed by atoms with Gasteiger partial charge < -0.3 is 15.2 Å². The first kappa shape index (κ1) is 17.7. The topological polar surface area (TPSA) is 83.5 Å². The van der Waals surface area contributed by atoms with E-state index >= 15 is 0 Å². The van der Waals surface area contributed by atoms with Crippen molar-refractivity contribution in [3.8, 4) is 0 Å². The lowest BCUT2D eigenvalue weighted by molar-refractivity contribution is -0.139. The molecule has 0 radical (unpaired) electrons. The number of ketones is 1. The fourth-order valence-corrected chi connectivity index (χ4v) is 1.66. The largest absolute Gasteiger partial charge is 0.480 e. The summed E-state index contributed by atoms with van der Waals surface area (Å²) in [7, 11) is 0. The molecule has 0 aliphatic carbocycles. The number of rotatable bonds is 6. The zero-order chi connectivity index (χ0) is 16.9. The minimum absolute atomic E-state index is 0.0236. The normalized spacial score (nSPS) is 12.5. The number of hydrogen-bond acceptors (Lipinski definition) is 3. The van der Waals surface area contributed by atoms with Gasteiger partial charge in [-0.25, -0.2) is 4.79 Å². The van der Waals surface area contributed by atoms with E-state index < -0.39 is 29.7 Å². The first-order valence-corrected chi connectivity index (χ1v) is 6.31. The van der Waals surface area contributed by atoms with Gasteiger partial charge in [0.05, 0.1) is 5.56 Å². The Balaban J connectivity index is 2.77. The Morgan fingerprint density at radius 3 is 2.14 bits per heavy atom. The van der Waals surface area contributed by atoms with Crippen LogP contribution in [-0.2, 0) is 15.8 Å². The molecule has 0 aromatic heterocycles. The molecule has 22 heavy (non-hydrogen) atoms. The van der Waals surface area contributed by atoms with E-state index in [0.717, 1.165) is 24.3 Å². The minimum atomic E-state index is -4.51. The van der Waals surface area contributed by atoms with E-state index in [1.54, 1.807) is 0 Å². The average molecular weight is 317 g/mol. The number of carboxylic acids is 1. The number of halogens is 3. The lowest BCUT2D eigenvalue weighted by atomic mass is 10.1. The molecule has 1 amide bonds. The van der Waals surface area contributed by atoms with Crippen molar-refractivity contribution >= 4 is 17.7 Å². The van der Waals surface area contributed by atoms with Gasteiger partial charge in [-0.05, 0) is 37.6 Å². The Morgan fingerprint density at radius 1 is 1.18 bits per heavy atom. The van der Waals surface area contributed by atoms with Crippen LogP contribution in [0.25, 0.3) is 0 Å². The third-order valence-corrected chi connectivity index (χ3v) is 2.86. The minimum Gasteiger partial charge on any atom is -0.480 e. The number of aliphatic carboxylic acids is 1. The Labute approximate surface area is 124 Å². The monoisotopic (exact) mass is 317 g/mol. The highest BCUT2D eigenvalue weighted by Gasteiger charge is 2.30. The summed E-state index contributed by atoms with van der Waals surface area (Å²) in [4.78, 5) is 33.7. The average Bonchev–Trinajstić information content (AvgIpc) is 2.41. The summed E-state index contributed by atoms with van der Waals surface area (Å²) in [6.45, 7) is 1.29. The van der Waals surface area contributed by atoms with Crippen molar-refractivity contribution in [3.63, 3.8) is 0 Å². The number of carbonyl (C=O) groups is 3. The van der Waals surface area contributed by atoms with Gasteiger partial charge in [0.2, 0.25) is 0 Å². The summed E-state index contributed by atoms with van der Waals surface area (Å²) < 4.78 is 37.2. The summed E-state index contributed by atoms with van der Waals surface area (Å²) in [6.07, 6.45) is -4.62. The molecule has 0 fully saturated rings. The van der Waals surface area contributed by atoms with Crippen LogP contribution < -0.4 is 5.32 Å². The number of hydrogen-bond donors (Lipinski definition) is 2. The van der Waals surface area contributed by atoms with Crippen LogP contribution in [0.1, 0.15) is 35.7 Å². The van der Waals surface area contributed by atoms with Gasteiger partial charge in [0.1, 0.15) is 11.8 Å². The van der Waals surface area contributed by atoms with Gasteiger partial charge in [-0.1, -0.05) is 0 Å². The Morgan fingerprint density at radius 2 is 1.73 bits per heavy atom. The van der Waals surface area contributed by atoms with Crippen LogP contribution in [0.4, 0.5) is 13.2 Å². The van der Waals surface area contributed by atoms with Crippen LogP contribution in [-0.4, -0.2) is 28.8 Å². The molecule has 1 rings (SSSR count). The van der Waals surface area contributed by atoms with Crippen molar-refractivity contribution in [2.45, 2.75) is 32.0 Å². The first-order chi connectivity index (χ1) is 10.1. The molecular formula is C14H14F3NO4. The smallest absolute Gasteiger partial charge is 0.416 e. The molecule has 0 heterocycles. The molecule has 0 bridgehead atoms. The molecular weight excluding hydrogens is 303 g/mol. The maximum Gasteiger partial charge on any atom is 0.416 e. The molecule has 0 unspecified atom stereocenters. The summed E-state index contributed by atoms with van der Waals surface area (Å²) >= 11 is 0. The van der Waals surface area contributed by atoms with E-state index in [2.05, 4.69) is 5.32 Å². The molecule has 5 nitrogen and oxygen atoms in total. The van der Waals surface area contributed by atoms with Gasteiger partial charge in [0, 0.05) is 12.0 Å². The second kappa shape index (κ2) is 7.06. The van der Waals surface area contributed by atoms with E-state index in [-0.39, 0.29) is 24.2 Å². The van der Waals surface area contributed by atoms with Gasteiger partial charge in [0.15, 0.2) is 0 Å². The van der Waals surface area contributed by atoms with Crippen LogP contribution in [0, 0.1) is 0 Å². The molecule has 2 N–H and O–H groups in total. The molecule has 1 atom stereocenters.